The quantitative estimate of drug-likeness (QED) is 0.836. The lowest BCUT2D eigenvalue weighted by Crippen LogP contribution is -2.47. The van der Waals surface area contributed by atoms with Gasteiger partial charge in [0, 0.05) is 5.02 Å². The normalized spacial score (nSPS) is 22.0. The van der Waals surface area contributed by atoms with Crippen LogP contribution in [0.15, 0.2) is 12.1 Å². The number of halogens is 4. The van der Waals surface area contributed by atoms with Crippen molar-refractivity contribution in [2.75, 3.05) is 0 Å². The molecule has 0 fully saturated rings. The standard InChI is InChI=1S/C15H16ClF3O3/c1-14(2,3)9-6-11-7(5-10(9)16)4-8(13(20)21)12(22-11)15(17,18)19/h5-6,8,12H,4H2,1-3H3,(H,20,21)/t8-,12+/m1/s1. The topological polar surface area (TPSA) is 46.5 Å². The first-order valence-electron chi connectivity index (χ1n) is 6.70. The third kappa shape index (κ3) is 3.16. The number of alkyl halides is 3. The van der Waals surface area contributed by atoms with Gasteiger partial charge in [0.1, 0.15) is 11.7 Å². The van der Waals surface area contributed by atoms with E-state index in [4.69, 9.17) is 21.4 Å². The van der Waals surface area contributed by atoms with E-state index in [2.05, 4.69) is 0 Å². The van der Waals surface area contributed by atoms with Gasteiger partial charge in [0.25, 0.3) is 0 Å². The number of aliphatic carboxylic acids is 1. The Labute approximate surface area is 131 Å². The molecule has 0 saturated heterocycles. The van der Waals surface area contributed by atoms with Gasteiger partial charge in [-0.05, 0) is 35.1 Å². The van der Waals surface area contributed by atoms with Crippen LogP contribution in [0.4, 0.5) is 13.2 Å². The summed E-state index contributed by atoms with van der Waals surface area (Å²) in [4.78, 5) is 11.1. The lowest BCUT2D eigenvalue weighted by atomic mass is 9.83. The van der Waals surface area contributed by atoms with Gasteiger partial charge in [-0.25, -0.2) is 0 Å². The van der Waals surface area contributed by atoms with Crippen LogP contribution in [0.2, 0.25) is 5.02 Å². The van der Waals surface area contributed by atoms with E-state index in [9.17, 15) is 18.0 Å². The van der Waals surface area contributed by atoms with E-state index in [1.807, 2.05) is 20.8 Å². The van der Waals surface area contributed by atoms with E-state index in [0.717, 1.165) is 0 Å². The lowest BCUT2D eigenvalue weighted by molar-refractivity contribution is -0.217. The minimum atomic E-state index is -4.75. The molecule has 7 heteroatoms. The molecule has 1 aliphatic rings. The van der Waals surface area contributed by atoms with Gasteiger partial charge in [0.2, 0.25) is 6.10 Å². The number of carbonyl (C=O) groups is 1. The molecule has 0 unspecified atom stereocenters. The summed E-state index contributed by atoms with van der Waals surface area (Å²) in [6.07, 6.45) is -7.37. The maximum atomic E-state index is 13.0. The van der Waals surface area contributed by atoms with Crippen molar-refractivity contribution in [3.8, 4) is 5.75 Å². The molecule has 22 heavy (non-hydrogen) atoms. The highest BCUT2D eigenvalue weighted by Crippen LogP contribution is 2.42. The molecule has 0 amide bonds. The highest BCUT2D eigenvalue weighted by Gasteiger charge is 2.52. The monoisotopic (exact) mass is 336 g/mol. The number of rotatable bonds is 1. The molecule has 0 bridgehead atoms. The molecular formula is C15H16ClF3O3. The summed E-state index contributed by atoms with van der Waals surface area (Å²) in [6.45, 7) is 5.64. The molecule has 1 aromatic carbocycles. The average molecular weight is 337 g/mol. The van der Waals surface area contributed by atoms with Crippen LogP contribution in [0, 0.1) is 5.92 Å². The first-order valence-corrected chi connectivity index (χ1v) is 7.08. The highest BCUT2D eigenvalue weighted by atomic mass is 35.5. The summed E-state index contributed by atoms with van der Waals surface area (Å²) in [5.41, 5.74) is 0.667. The van der Waals surface area contributed by atoms with E-state index in [-0.39, 0.29) is 17.6 Å². The molecule has 3 nitrogen and oxygen atoms in total. The molecule has 0 aromatic heterocycles. The Balaban J connectivity index is 2.51. The van der Waals surface area contributed by atoms with E-state index >= 15 is 0 Å². The molecule has 2 atom stereocenters. The lowest BCUT2D eigenvalue weighted by Gasteiger charge is -2.34. The van der Waals surface area contributed by atoms with Gasteiger partial charge in [-0.15, -0.1) is 0 Å². The Morgan fingerprint density at radius 3 is 2.36 bits per heavy atom. The molecule has 1 heterocycles. The zero-order chi connectivity index (χ0) is 16.9. The van der Waals surface area contributed by atoms with Crippen LogP contribution in [0.1, 0.15) is 31.9 Å². The number of carboxylic acids is 1. The Kier molecular flexibility index (Phi) is 4.11. The van der Waals surface area contributed by atoms with Gasteiger partial charge in [0.15, 0.2) is 0 Å². The van der Waals surface area contributed by atoms with Crippen molar-refractivity contribution in [3.05, 3.63) is 28.3 Å². The summed E-state index contributed by atoms with van der Waals surface area (Å²) in [6, 6.07) is 2.98. The second-order valence-corrected chi connectivity index (χ2v) is 6.83. The molecule has 2 rings (SSSR count). The van der Waals surface area contributed by atoms with Gasteiger partial charge in [-0.1, -0.05) is 32.4 Å². The van der Waals surface area contributed by atoms with Gasteiger partial charge in [-0.3, -0.25) is 4.79 Å². The Bertz CT molecular complexity index is 605. The second-order valence-electron chi connectivity index (χ2n) is 6.42. The molecule has 0 aliphatic carbocycles. The smallest absolute Gasteiger partial charge is 0.426 e. The molecule has 1 aromatic rings. The van der Waals surface area contributed by atoms with Crippen molar-refractivity contribution >= 4 is 17.6 Å². The SMILES string of the molecule is CC(C)(C)c1cc2c(cc1Cl)C[C@@H](C(=O)O)[C@@H](C(F)(F)F)O2. The summed E-state index contributed by atoms with van der Waals surface area (Å²) in [5, 5.41) is 9.43. The summed E-state index contributed by atoms with van der Waals surface area (Å²) >= 11 is 6.17. The number of benzene rings is 1. The van der Waals surface area contributed by atoms with E-state index in [0.29, 0.717) is 16.1 Å². The fourth-order valence-electron chi connectivity index (χ4n) is 2.51. The molecule has 1 N–H and O–H groups in total. The van der Waals surface area contributed by atoms with Crippen LogP contribution in [0.5, 0.6) is 5.75 Å². The minimum absolute atomic E-state index is 0.0501. The Morgan fingerprint density at radius 2 is 1.91 bits per heavy atom. The zero-order valence-corrected chi connectivity index (χ0v) is 13.0. The molecule has 1 aliphatic heterocycles. The van der Waals surface area contributed by atoms with Crippen molar-refractivity contribution in [2.24, 2.45) is 5.92 Å². The third-order valence-electron chi connectivity index (χ3n) is 3.66. The van der Waals surface area contributed by atoms with Crippen LogP contribution < -0.4 is 4.74 Å². The Morgan fingerprint density at radius 1 is 1.32 bits per heavy atom. The number of carboxylic acid groups (broad SMARTS) is 1. The fraction of sp³-hybridized carbons (Fsp3) is 0.533. The van der Waals surface area contributed by atoms with E-state index in [1.165, 1.54) is 12.1 Å². The van der Waals surface area contributed by atoms with Crippen LogP contribution in [-0.4, -0.2) is 23.4 Å². The first kappa shape index (κ1) is 16.9. The molecular weight excluding hydrogens is 321 g/mol. The second kappa shape index (κ2) is 5.33. The maximum absolute atomic E-state index is 13.0. The first-order chi connectivity index (χ1) is 9.91. The number of ether oxygens (including phenoxy) is 1. The molecule has 0 spiro atoms. The van der Waals surface area contributed by atoms with Crippen LogP contribution in [0.25, 0.3) is 0 Å². The number of hydrogen-bond donors (Lipinski definition) is 1. The average Bonchev–Trinajstić information content (AvgIpc) is 2.33. The zero-order valence-electron chi connectivity index (χ0n) is 12.3. The summed E-state index contributed by atoms with van der Waals surface area (Å²) < 4.78 is 44.1. The van der Waals surface area contributed by atoms with Crippen molar-refractivity contribution in [1.29, 1.82) is 0 Å². The van der Waals surface area contributed by atoms with Crippen molar-refractivity contribution < 1.29 is 27.8 Å². The number of hydrogen-bond acceptors (Lipinski definition) is 2. The Hall–Kier alpha value is -1.43. The van der Waals surface area contributed by atoms with E-state index < -0.39 is 24.2 Å². The number of fused-ring (bicyclic) bond motifs is 1. The van der Waals surface area contributed by atoms with Crippen LogP contribution in [0.3, 0.4) is 0 Å². The van der Waals surface area contributed by atoms with Gasteiger partial charge < -0.3 is 9.84 Å². The maximum Gasteiger partial charge on any atom is 0.426 e. The van der Waals surface area contributed by atoms with Crippen molar-refractivity contribution in [3.63, 3.8) is 0 Å². The summed E-state index contributed by atoms with van der Waals surface area (Å²) in [7, 11) is 0. The van der Waals surface area contributed by atoms with Gasteiger partial charge >= 0.3 is 12.1 Å². The van der Waals surface area contributed by atoms with Crippen LogP contribution in [-0.2, 0) is 16.6 Å². The third-order valence-corrected chi connectivity index (χ3v) is 3.97. The predicted octanol–water partition coefficient (Wildman–Crippen LogP) is 4.20. The van der Waals surface area contributed by atoms with Gasteiger partial charge in [-0.2, -0.15) is 13.2 Å². The fourth-order valence-corrected chi connectivity index (χ4v) is 2.98. The van der Waals surface area contributed by atoms with Crippen LogP contribution >= 0.6 is 11.6 Å². The van der Waals surface area contributed by atoms with E-state index in [1.54, 1.807) is 0 Å². The highest BCUT2D eigenvalue weighted by molar-refractivity contribution is 6.31. The summed E-state index contributed by atoms with van der Waals surface area (Å²) in [5.74, 6) is -3.16. The van der Waals surface area contributed by atoms with Crippen molar-refractivity contribution in [1.82, 2.24) is 0 Å². The molecule has 122 valence electrons. The molecule has 0 saturated carbocycles. The predicted molar refractivity (Wildman–Crippen MR) is 75.5 cm³/mol. The minimum Gasteiger partial charge on any atom is -0.481 e. The van der Waals surface area contributed by atoms with Crippen molar-refractivity contribution in [2.45, 2.75) is 44.9 Å². The van der Waals surface area contributed by atoms with Gasteiger partial charge in [0.05, 0.1) is 0 Å². The largest absolute Gasteiger partial charge is 0.481 e. The molecule has 0 radical (unpaired) electrons.